The molecule has 122 valence electrons. The molecule has 2 aromatic carbocycles. The molecule has 0 unspecified atom stereocenters. The molecule has 5 nitrogen and oxygen atoms in total. The van der Waals surface area contributed by atoms with Gasteiger partial charge >= 0.3 is 0 Å². The SMILES string of the molecule is COc1cc(C)c(NCC(=O)Nc2ccccc2C)cc1OC. The number of ether oxygens (including phenoxy) is 2. The highest BCUT2D eigenvalue weighted by Gasteiger charge is 2.10. The van der Waals surface area contributed by atoms with Gasteiger partial charge in [-0.2, -0.15) is 0 Å². The number of anilines is 2. The first kappa shape index (κ1) is 16.7. The Hall–Kier alpha value is -2.69. The second-order valence-corrected chi connectivity index (χ2v) is 5.24. The van der Waals surface area contributed by atoms with Crippen LogP contribution in [0.15, 0.2) is 36.4 Å². The molecule has 0 saturated heterocycles. The van der Waals surface area contributed by atoms with Crippen LogP contribution in [-0.2, 0) is 4.79 Å². The highest BCUT2D eigenvalue weighted by atomic mass is 16.5. The summed E-state index contributed by atoms with van der Waals surface area (Å²) in [5.74, 6) is 1.19. The first-order chi connectivity index (χ1) is 11.0. The first-order valence-corrected chi connectivity index (χ1v) is 7.37. The summed E-state index contributed by atoms with van der Waals surface area (Å²) in [5, 5.41) is 6.02. The monoisotopic (exact) mass is 314 g/mol. The molecule has 2 aromatic rings. The minimum Gasteiger partial charge on any atom is -0.493 e. The van der Waals surface area contributed by atoms with Crippen LogP contribution in [0.5, 0.6) is 11.5 Å². The normalized spacial score (nSPS) is 10.1. The van der Waals surface area contributed by atoms with Crippen LogP contribution in [-0.4, -0.2) is 26.7 Å². The van der Waals surface area contributed by atoms with Crippen molar-refractivity contribution in [2.75, 3.05) is 31.4 Å². The number of para-hydroxylation sites is 1. The summed E-state index contributed by atoms with van der Waals surface area (Å²) in [6.07, 6.45) is 0. The molecule has 0 aromatic heterocycles. The average molecular weight is 314 g/mol. The zero-order valence-electron chi connectivity index (χ0n) is 13.9. The van der Waals surface area contributed by atoms with Gasteiger partial charge in [-0.25, -0.2) is 0 Å². The van der Waals surface area contributed by atoms with E-state index in [9.17, 15) is 4.79 Å². The summed E-state index contributed by atoms with van der Waals surface area (Å²) < 4.78 is 10.5. The number of hydrogen-bond donors (Lipinski definition) is 2. The van der Waals surface area contributed by atoms with E-state index >= 15 is 0 Å². The quantitative estimate of drug-likeness (QED) is 0.858. The molecular formula is C18H22N2O3. The first-order valence-electron chi connectivity index (χ1n) is 7.37. The zero-order chi connectivity index (χ0) is 16.8. The summed E-state index contributed by atoms with van der Waals surface area (Å²) in [5.41, 5.74) is 3.67. The van der Waals surface area contributed by atoms with Gasteiger partial charge in [0.25, 0.3) is 0 Å². The molecule has 0 saturated carbocycles. The number of carbonyl (C=O) groups excluding carboxylic acids is 1. The lowest BCUT2D eigenvalue weighted by molar-refractivity contribution is -0.114. The number of aryl methyl sites for hydroxylation is 2. The fraction of sp³-hybridized carbons (Fsp3) is 0.278. The maximum absolute atomic E-state index is 12.1. The minimum absolute atomic E-state index is 0.103. The van der Waals surface area contributed by atoms with E-state index < -0.39 is 0 Å². The van der Waals surface area contributed by atoms with Crippen molar-refractivity contribution in [3.8, 4) is 11.5 Å². The van der Waals surface area contributed by atoms with Gasteiger partial charge in [0.05, 0.1) is 20.8 Å². The minimum atomic E-state index is -0.103. The molecule has 0 spiro atoms. The lowest BCUT2D eigenvalue weighted by Gasteiger charge is -2.14. The Morgan fingerprint density at radius 3 is 2.26 bits per heavy atom. The maximum atomic E-state index is 12.1. The van der Waals surface area contributed by atoms with E-state index in [-0.39, 0.29) is 12.5 Å². The molecule has 2 rings (SSSR count). The summed E-state index contributed by atoms with van der Waals surface area (Å²) in [7, 11) is 3.18. The van der Waals surface area contributed by atoms with Crippen LogP contribution < -0.4 is 20.1 Å². The number of methoxy groups -OCH3 is 2. The Bertz CT molecular complexity index is 699. The van der Waals surface area contributed by atoms with E-state index in [1.807, 2.05) is 50.2 Å². The Kier molecular flexibility index (Phi) is 5.46. The van der Waals surface area contributed by atoms with Gasteiger partial charge in [-0.3, -0.25) is 4.79 Å². The summed E-state index contributed by atoms with van der Waals surface area (Å²) in [6.45, 7) is 4.08. The largest absolute Gasteiger partial charge is 0.493 e. The molecule has 5 heteroatoms. The topological polar surface area (TPSA) is 59.6 Å². The second-order valence-electron chi connectivity index (χ2n) is 5.24. The van der Waals surface area contributed by atoms with Crippen molar-refractivity contribution in [1.29, 1.82) is 0 Å². The van der Waals surface area contributed by atoms with Crippen LogP contribution in [0.4, 0.5) is 11.4 Å². The van der Waals surface area contributed by atoms with Crippen molar-refractivity contribution >= 4 is 17.3 Å². The summed E-state index contributed by atoms with van der Waals surface area (Å²) in [4.78, 5) is 12.1. The number of hydrogen-bond acceptors (Lipinski definition) is 4. The molecule has 0 heterocycles. The molecule has 0 radical (unpaired) electrons. The van der Waals surface area contributed by atoms with E-state index in [1.54, 1.807) is 14.2 Å². The standard InChI is InChI=1S/C18H22N2O3/c1-12-7-5-6-8-14(12)20-18(21)11-19-15-10-17(23-4)16(22-3)9-13(15)2/h5-10,19H,11H2,1-4H3,(H,20,21). The molecule has 0 aliphatic carbocycles. The fourth-order valence-electron chi connectivity index (χ4n) is 2.25. The molecular weight excluding hydrogens is 292 g/mol. The van der Waals surface area contributed by atoms with E-state index in [2.05, 4.69) is 10.6 Å². The summed E-state index contributed by atoms with van der Waals surface area (Å²) in [6, 6.07) is 11.4. The van der Waals surface area contributed by atoms with Crippen molar-refractivity contribution in [1.82, 2.24) is 0 Å². The van der Waals surface area contributed by atoms with Crippen molar-refractivity contribution < 1.29 is 14.3 Å². The summed E-state index contributed by atoms with van der Waals surface area (Å²) >= 11 is 0. The van der Waals surface area contributed by atoms with Gasteiger partial charge in [0, 0.05) is 17.4 Å². The van der Waals surface area contributed by atoms with Gasteiger partial charge in [0.1, 0.15) is 0 Å². The Balaban J connectivity index is 2.03. The van der Waals surface area contributed by atoms with E-state index in [0.29, 0.717) is 11.5 Å². The number of rotatable bonds is 6. The molecule has 1 amide bonds. The third kappa shape index (κ3) is 4.16. The molecule has 0 bridgehead atoms. The van der Waals surface area contributed by atoms with Crippen molar-refractivity contribution in [3.63, 3.8) is 0 Å². The number of benzene rings is 2. The fourth-order valence-corrected chi connectivity index (χ4v) is 2.25. The van der Waals surface area contributed by atoms with Gasteiger partial charge < -0.3 is 20.1 Å². The Morgan fingerprint density at radius 1 is 0.957 bits per heavy atom. The van der Waals surface area contributed by atoms with Crippen LogP contribution in [0.1, 0.15) is 11.1 Å². The van der Waals surface area contributed by atoms with Crippen LogP contribution in [0, 0.1) is 13.8 Å². The average Bonchev–Trinajstić information content (AvgIpc) is 2.55. The molecule has 23 heavy (non-hydrogen) atoms. The molecule has 0 aliphatic rings. The van der Waals surface area contributed by atoms with Gasteiger partial charge in [0.2, 0.25) is 5.91 Å². The lowest BCUT2D eigenvalue weighted by atomic mass is 10.1. The lowest BCUT2D eigenvalue weighted by Crippen LogP contribution is -2.22. The van der Waals surface area contributed by atoms with Gasteiger partial charge in [-0.1, -0.05) is 18.2 Å². The van der Waals surface area contributed by atoms with E-state index in [1.165, 1.54) is 0 Å². The van der Waals surface area contributed by atoms with Crippen molar-refractivity contribution in [3.05, 3.63) is 47.5 Å². The Labute approximate surface area is 136 Å². The molecule has 0 fully saturated rings. The second kappa shape index (κ2) is 7.54. The molecule has 0 atom stereocenters. The predicted octanol–water partition coefficient (Wildman–Crippen LogP) is 3.37. The molecule has 2 N–H and O–H groups in total. The number of carbonyl (C=O) groups is 1. The van der Waals surface area contributed by atoms with Crippen LogP contribution in [0.2, 0.25) is 0 Å². The van der Waals surface area contributed by atoms with Gasteiger partial charge in [-0.15, -0.1) is 0 Å². The number of nitrogens with one attached hydrogen (secondary N) is 2. The predicted molar refractivity (Wildman–Crippen MR) is 92.6 cm³/mol. The van der Waals surface area contributed by atoms with Gasteiger partial charge in [0.15, 0.2) is 11.5 Å². The van der Waals surface area contributed by atoms with Crippen molar-refractivity contribution in [2.45, 2.75) is 13.8 Å². The van der Waals surface area contributed by atoms with Crippen LogP contribution in [0.3, 0.4) is 0 Å². The highest BCUT2D eigenvalue weighted by molar-refractivity contribution is 5.94. The number of amides is 1. The zero-order valence-corrected chi connectivity index (χ0v) is 13.9. The van der Waals surface area contributed by atoms with E-state index in [4.69, 9.17) is 9.47 Å². The Morgan fingerprint density at radius 2 is 1.61 bits per heavy atom. The molecule has 0 aliphatic heterocycles. The van der Waals surface area contributed by atoms with E-state index in [0.717, 1.165) is 22.5 Å². The third-order valence-electron chi connectivity index (χ3n) is 3.59. The van der Waals surface area contributed by atoms with Crippen molar-refractivity contribution in [2.24, 2.45) is 0 Å². The third-order valence-corrected chi connectivity index (χ3v) is 3.59. The maximum Gasteiger partial charge on any atom is 0.243 e. The highest BCUT2D eigenvalue weighted by Crippen LogP contribution is 2.32. The van der Waals surface area contributed by atoms with Gasteiger partial charge in [-0.05, 0) is 37.1 Å². The smallest absolute Gasteiger partial charge is 0.243 e. The van der Waals surface area contributed by atoms with Crippen LogP contribution >= 0.6 is 0 Å². The van der Waals surface area contributed by atoms with Crippen LogP contribution in [0.25, 0.3) is 0 Å².